The van der Waals surface area contributed by atoms with Gasteiger partial charge in [-0.3, -0.25) is 0 Å². The summed E-state index contributed by atoms with van der Waals surface area (Å²) >= 11 is 0. The predicted molar refractivity (Wildman–Crippen MR) is 105 cm³/mol. The Morgan fingerprint density at radius 3 is 2.05 bits per heavy atom. The van der Waals surface area contributed by atoms with E-state index in [1.165, 1.54) is 42.5 Å². The molecule has 1 aliphatic rings. The maximum Gasteiger partial charge on any atom is 0.162 e. The Morgan fingerprint density at radius 2 is 1.50 bits per heavy atom. The van der Waals surface area contributed by atoms with Crippen molar-refractivity contribution in [2.24, 2.45) is 5.92 Å². The van der Waals surface area contributed by atoms with E-state index in [0.29, 0.717) is 5.92 Å². The molecule has 2 heteroatoms. The molecule has 0 amide bonds. The second-order valence-electron chi connectivity index (χ2n) is 7.73. The Bertz CT molecular complexity index is 564. The summed E-state index contributed by atoms with van der Waals surface area (Å²) in [5.41, 5.74) is 5.86. The van der Waals surface area contributed by atoms with Gasteiger partial charge in [0.1, 0.15) is 8.07 Å². The SMILES string of the molecule is C=C[Si](C)(C)c1ccc([Si](C)(C)C#CC2CCCCC2)cc1. The van der Waals surface area contributed by atoms with Gasteiger partial charge in [0.2, 0.25) is 0 Å². The second-order valence-corrected chi connectivity index (χ2v) is 16.2. The van der Waals surface area contributed by atoms with E-state index in [0.717, 1.165) is 0 Å². The zero-order valence-electron chi connectivity index (χ0n) is 14.7. The topological polar surface area (TPSA) is 0 Å². The normalized spacial score (nSPS) is 16.7. The highest BCUT2D eigenvalue weighted by Gasteiger charge is 2.24. The molecule has 0 atom stereocenters. The first-order valence-corrected chi connectivity index (χ1v) is 14.7. The Balaban J connectivity index is 2.15. The van der Waals surface area contributed by atoms with Crippen molar-refractivity contribution in [3.05, 3.63) is 36.5 Å². The van der Waals surface area contributed by atoms with Crippen molar-refractivity contribution >= 4 is 26.5 Å². The molecular weight excluding hydrogens is 296 g/mol. The van der Waals surface area contributed by atoms with Crippen molar-refractivity contribution < 1.29 is 0 Å². The smallest absolute Gasteiger partial charge is 0.126 e. The largest absolute Gasteiger partial charge is 0.162 e. The maximum atomic E-state index is 4.01. The zero-order valence-corrected chi connectivity index (χ0v) is 16.7. The van der Waals surface area contributed by atoms with E-state index >= 15 is 0 Å². The summed E-state index contributed by atoms with van der Waals surface area (Å²) in [6, 6.07) is 9.30. The Kier molecular flexibility index (Phi) is 5.52. The van der Waals surface area contributed by atoms with Gasteiger partial charge in [-0.05, 0) is 18.0 Å². The molecule has 1 fully saturated rings. The average molecular weight is 327 g/mol. The van der Waals surface area contributed by atoms with Crippen molar-refractivity contribution in [3.8, 4) is 11.5 Å². The monoisotopic (exact) mass is 326 g/mol. The van der Waals surface area contributed by atoms with Gasteiger partial charge in [-0.1, -0.05) is 80.6 Å². The first kappa shape index (κ1) is 17.3. The van der Waals surface area contributed by atoms with Crippen LogP contribution in [0.3, 0.4) is 0 Å². The van der Waals surface area contributed by atoms with Crippen LogP contribution in [0.5, 0.6) is 0 Å². The quantitative estimate of drug-likeness (QED) is 0.572. The number of hydrogen-bond acceptors (Lipinski definition) is 0. The highest BCUT2D eigenvalue weighted by molar-refractivity contribution is 6.97. The highest BCUT2D eigenvalue weighted by Crippen LogP contribution is 2.22. The van der Waals surface area contributed by atoms with E-state index in [9.17, 15) is 0 Å². The van der Waals surface area contributed by atoms with Crippen LogP contribution in [0.25, 0.3) is 0 Å². The molecule has 1 aromatic rings. The Labute approximate surface area is 139 Å². The average Bonchev–Trinajstić information content (AvgIpc) is 2.54. The van der Waals surface area contributed by atoms with Gasteiger partial charge in [-0.15, -0.1) is 18.0 Å². The summed E-state index contributed by atoms with van der Waals surface area (Å²) in [5, 5.41) is 2.93. The minimum Gasteiger partial charge on any atom is -0.126 e. The third kappa shape index (κ3) is 4.24. The maximum absolute atomic E-state index is 4.01. The molecule has 0 unspecified atom stereocenters. The van der Waals surface area contributed by atoms with E-state index in [1.54, 1.807) is 0 Å². The first-order valence-electron chi connectivity index (χ1n) is 8.62. The molecule has 0 nitrogen and oxygen atoms in total. The molecule has 22 heavy (non-hydrogen) atoms. The molecule has 0 bridgehead atoms. The predicted octanol–water partition coefficient (Wildman–Crippen LogP) is 4.37. The third-order valence-corrected chi connectivity index (χ3v) is 10.4. The lowest BCUT2D eigenvalue weighted by atomic mass is 9.90. The van der Waals surface area contributed by atoms with Crippen molar-refractivity contribution in [1.29, 1.82) is 0 Å². The van der Waals surface area contributed by atoms with Gasteiger partial charge in [0, 0.05) is 5.92 Å². The summed E-state index contributed by atoms with van der Waals surface area (Å²) in [5.74, 6) is 4.28. The van der Waals surface area contributed by atoms with Crippen LogP contribution in [0.4, 0.5) is 0 Å². The van der Waals surface area contributed by atoms with Crippen LogP contribution in [0, 0.1) is 17.4 Å². The van der Waals surface area contributed by atoms with Crippen molar-refractivity contribution in [3.63, 3.8) is 0 Å². The molecule has 1 aliphatic carbocycles. The van der Waals surface area contributed by atoms with Crippen molar-refractivity contribution in [2.75, 3.05) is 0 Å². The number of hydrogen-bond donors (Lipinski definition) is 0. The molecule has 0 radical (unpaired) electrons. The standard InChI is InChI=1S/C20H30Si2/c1-6-21(2,3)19-12-14-20(15-13-19)22(4,5)17-16-18-10-8-7-9-11-18/h6,12-15,18H,1,7-11H2,2-5H3. The Morgan fingerprint density at radius 1 is 0.955 bits per heavy atom. The van der Waals surface area contributed by atoms with Crippen LogP contribution in [-0.4, -0.2) is 16.1 Å². The summed E-state index contributed by atoms with van der Waals surface area (Å²) < 4.78 is 0. The number of rotatable bonds is 3. The molecule has 0 saturated heterocycles. The number of benzene rings is 1. The first-order chi connectivity index (χ1) is 10.3. The van der Waals surface area contributed by atoms with Gasteiger partial charge >= 0.3 is 0 Å². The molecule has 118 valence electrons. The van der Waals surface area contributed by atoms with Crippen LogP contribution in [-0.2, 0) is 0 Å². The van der Waals surface area contributed by atoms with Crippen LogP contribution >= 0.6 is 0 Å². The van der Waals surface area contributed by atoms with E-state index in [4.69, 9.17) is 0 Å². The molecule has 1 saturated carbocycles. The third-order valence-electron chi connectivity index (χ3n) is 5.05. The van der Waals surface area contributed by atoms with Crippen molar-refractivity contribution in [1.82, 2.24) is 0 Å². The fraction of sp³-hybridized carbons (Fsp3) is 0.500. The van der Waals surface area contributed by atoms with Gasteiger partial charge in [0.25, 0.3) is 0 Å². The summed E-state index contributed by atoms with van der Waals surface area (Å²) in [4.78, 5) is 0. The zero-order chi connectivity index (χ0) is 16.2. The van der Waals surface area contributed by atoms with Crippen LogP contribution < -0.4 is 10.4 Å². The van der Waals surface area contributed by atoms with Crippen molar-refractivity contribution in [2.45, 2.75) is 58.3 Å². The fourth-order valence-electron chi connectivity index (χ4n) is 3.04. The molecular formula is C20H30Si2. The minimum atomic E-state index is -1.63. The van der Waals surface area contributed by atoms with Gasteiger partial charge in [-0.25, -0.2) is 0 Å². The fourth-order valence-corrected chi connectivity index (χ4v) is 6.01. The van der Waals surface area contributed by atoms with E-state index < -0.39 is 16.1 Å². The molecule has 0 heterocycles. The van der Waals surface area contributed by atoms with Crippen LogP contribution in [0.15, 0.2) is 36.5 Å². The van der Waals surface area contributed by atoms with Crippen LogP contribution in [0.1, 0.15) is 32.1 Å². The van der Waals surface area contributed by atoms with Gasteiger partial charge in [-0.2, -0.15) is 0 Å². The summed E-state index contributed by atoms with van der Waals surface area (Å²) in [7, 11) is -3.06. The summed E-state index contributed by atoms with van der Waals surface area (Å²) in [6.45, 7) is 13.5. The van der Waals surface area contributed by atoms with E-state index in [2.05, 4.69) is 74.2 Å². The Hall–Kier alpha value is -1.05. The lowest BCUT2D eigenvalue weighted by Crippen LogP contribution is -2.44. The molecule has 0 spiro atoms. The molecule has 0 aromatic heterocycles. The molecule has 0 N–H and O–H groups in total. The molecule has 1 aromatic carbocycles. The molecule has 0 aliphatic heterocycles. The highest BCUT2D eigenvalue weighted by atomic mass is 28.3. The minimum absolute atomic E-state index is 0.659. The van der Waals surface area contributed by atoms with E-state index in [-0.39, 0.29) is 0 Å². The van der Waals surface area contributed by atoms with Crippen LogP contribution in [0.2, 0.25) is 26.2 Å². The van der Waals surface area contributed by atoms with E-state index in [1.807, 2.05) is 0 Å². The van der Waals surface area contributed by atoms with Gasteiger partial charge in [0.15, 0.2) is 8.07 Å². The lowest BCUT2D eigenvalue weighted by molar-refractivity contribution is 0.430. The summed E-state index contributed by atoms with van der Waals surface area (Å²) in [6.07, 6.45) is 6.78. The lowest BCUT2D eigenvalue weighted by Gasteiger charge is -2.21. The van der Waals surface area contributed by atoms with Gasteiger partial charge < -0.3 is 0 Å². The van der Waals surface area contributed by atoms with Gasteiger partial charge in [0.05, 0.1) is 0 Å². The molecule has 2 rings (SSSR count). The second kappa shape index (κ2) is 7.02.